The van der Waals surface area contributed by atoms with Gasteiger partial charge in [0.2, 0.25) is 0 Å². The molecule has 0 saturated carbocycles. The van der Waals surface area contributed by atoms with E-state index in [-0.39, 0.29) is 18.7 Å². The van der Waals surface area contributed by atoms with E-state index in [4.69, 9.17) is 9.47 Å². The van der Waals surface area contributed by atoms with E-state index in [1.807, 2.05) is 30.3 Å². The Hall–Kier alpha value is -4.07. The number of nitrogens with zero attached hydrogens (tertiary/aromatic N) is 2. The molecule has 0 saturated heterocycles. The predicted octanol–water partition coefficient (Wildman–Crippen LogP) is 5.13. The molecule has 7 heteroatoms. The van der Waals surface area contributed by atoms with Gasteiger partial charge in [-0.2, -0.15) is 10.5 Å². The molecule has 6 nitrogen and oxygen atoms in total. The highest BCUT2D eigenvalue weighted by molar-refractivity contribution is 9.10. The van der Waals surface area contributed by atoms with Crippen LogP contribution in [-0.4, -0.2) is 13.0 Å². The number of ether oxygens (including phenoxy) is 2. The van der Waals surface area contributed by atoms with Crippen molar-refractivity contribution in [3.05, 3.63) is 99.0 Å². The lowest BCUT2D eigenvalue weighted by atomic mass is 10.1. The van der Waals surface area contributed by atoms with Crippen molar-refractivity contribution in [2.75, 3.05) is 7.11 Å². The van der Waals surface area contributed by atoms with Crippen LogP contribution in [0.4, 0.5) is 0 Å². The Labute approximate surface area is 200 Å². The Balaban J connectivity index is 1.76. The summed E-state index contributed by atoms with van der Waals surface area (Å²) in [5.41, 5.74) is 2.67. The van der Waals surface area contributed by atoms with Gasteiger partial charge in [-0.3, -0.25) is 4.79 Å². The summed E-state index contributed by atoms with van der Waals surface area (Å²) in [5, 5.41) is 21.6. The lowest BCUT2D eigenvalue weighted by molar-refractivity contribution is -0.117. The molecule has 1 N–H and O–H groups in total. The Bertz CT molecular complexity index is 1260. The van der Waals surface area contributed by atoms with Gasteiger partial charge in [-0.1, -0.05) is 46.3 Å². The lowest BCUT2D eigenvalue weighted by Gasteiger charge is -2.11. The monoisotopic (exact) mass is 501 g/mol. The fourth-order valence-corrected chi connectivity index (χ4v) is 3.38. The average Bonchev–Trinajstić information content (AvgIpc) is 2.85. The van der Waals surface area contributed by atoms with Crippen molar-refractivity contribution in [3.8, 4) is 23.6 Å². The molecule has 0 aliphatic carbocycles. The van der Waals surface area contributed by atoms with Crippen LogP contribution in [0.2, 0.25) is 0 Å². The number of rotatable bonds is 8. The molecule has 3 aromatic carbocycles. The molecule has 0 aliphatic heterocycles. The Morgan fingerprint density at radius 3 is 2.55 bits per heavy atom. The van der Waals surface area contributed by atoms with Gasteiger partial charge in [0, 0.05) is 22.1 Å². The van der Waals surface area contributed by atoms with Gasteiger partial charge in [-0.15, -0.1) is 0 Å². The van der Waals surface area contributed by atoms with Crippen molar-refractivity contribution in [2.45, 2.75) is 13.2 Å². The molecule has 0 aromatic heterocycles. The van der Waals surface area contributed by atoms with Gasteiger partial charge in [-0.25, -0.2) is 0 Å². The van der Waals surface area contributed by atoms with Crippen molar-refractivity contribution < 1.29 is 14.3 Å². The predicted molar refractivity (Wildman–Crippen MR) is 128 cm³/mol. The fraction of sp³-hybridized carbons (Fsp3) is 0.115. The van der Waals surface area contributed by atoms with Gasteiger partial charge in [0.05, 0.1) is 18.7 Å². The molecule has 1 amide bonds. The topological polar surface area (TPSA) is 95.1 Å². The Morgan fingerprint density at radius 1 is 1.09 bits per heavy atom. The van der Waals surface area contributed by atoms with Gasteiger partial charge < -0.3 is 14.8 Å². The number of hydrogen-bond acceptors (Lipinski definition) is 5. The van der Waals surface area contributed by atoms with Crippen molar-refractivity contribution in [3.63, 3.8) is 0 Å². The summed E-state index contributed by atoms with van der Waals surface area (Å²) in [4.78, 5) is 12.6. The average molecular weight is 502 g/mol. The zero-order valence-electron chi connectivity index (χ0n) is 17.8. The first-order valence-corrected chi connectivity index (χ1v) is 10.8. The van der Waals surface area contributed by atoms with E-state index in [2.05, 4.69) is 27.3 Å². The van der Waals surface area contributed by atoms with Crippen molar-refractivity contribution in [1.82, 2.24) is 5.32 Å². The smallest absolute Gasteiger partial charge is 0.262 e. The van der Waals surface area contributed by atoms with Gasteiger partial charge in [0.15, 0.2) is 0 Å². The van der Waals surface area contributed by atoms with Crippen LogP contribution < -0.4 is 14.8 Å². The number of hydrogen-bond donors (Lipinski definition) is 1. The summed E-state index contributed by atoms with van der Waals surface area (Å²) >= 11 is 3.42. The molecule has 0 spiro atoms. The van der Waals surface area contributed by atoms with E-state index in [0.717, 1.165) is 21.3 Å². The van der Waals surface area contributed by atoms with Crippen LogP contribution in [0.25, 0.3) is 6.08 Å². The molecule has 33 heavy (non-hydrogen) atoms. The third-order valence-corrected chi connectivity index (χ3v) is 5.26. The van der Waals surface area contributed by atoms with E-state index in [0.29, 0.717) is 16.9 Å². The molecule has 0 fully saturated rings. The second-order valence-electron chi connectivity index (χ2n) is 6.94. The van der Waals surface area contributed by atoms with E-state index in [1.165, 1.54) is 6.08 Å². The summed E-state index contributed by atoms with van der Waals surface area (Å²) in [7, 11) is 1.59. The van der Waals surface area contributed by atoms with Gasteiger partial charge >= 0.3 is 0 Å². The molecule has 0 unspecified atom stereocenters. The SMILES string of the molecule is COc1ccc(CNC(=O)/C(C#N)=C\c2cc(Br)ccc2OCc2ccccc2C#N)cc1. The molecule has 3 aromatic rings. The molecule has 0 radical (unpaired) electrons. The van der Waals surface area contributed by atoms with Crippen LogP contribution >= 0.6 is 15.9 Å². The minimum Gasteiger partial charge on any atom is -0.497 e. The second-order valence-corrected chi connectivity index (χ2v) is 7.86. The van der Waals surface area contributed by atoms with Crippen LogP contribution in [0.5, 0.6) is 11.5 Å². The number of halogens is 1. The first-order valence-electron chi connectivity index (χ1n) is 9.97. The van der Waals surface area contributed by atoms with Crippen LogP contribution in [0.1, 0.15) is 22.3 Å². The molecular formula is C26H20BrN3O3. The molecular weight excluding hydrogens is 482 g/mol. The largest absolute Gasteiger partial charge is 0.497 e. The number of carbonyl (C=O) groups excluding carboxylic acids is 1. The zero-order valence-corrected chi connectivity index (χ0v) is 19.4. The first-order chi connectivity index (χ1) is 16.0. The van der Waals surface area contributed by atoms with Crippen LogP contribution in [-0.2, 0) is 17.9 Å². The standard InChI is InChI=1S/C26H20BrN3O3/c1-32-24-9-6-18(7-10-24)16-30-26(31)22(15-29)12-21-13-23(27)8-11-25(21)33-17-20-5-3-2-4-19(20)14-28/h2-13H,16-17H2,1H3,(H,30,31)/b22-12-. The molecule has 0 atom stereocenters. The maximum absolute atomic E-state index is 12.6. The molecule has 164 valence electrons. The number of nitrogens with one attached hydrogen (secondary N) is 1. The zero-order chi connectivity index (χ0) is 23.6. The van der Waals surface area contributed by atoms with Gasteiger partial charge in [0.25, 0.3) is 5.91 Å². The minimum atomic E-state index is -0.492. The summed E-state index contributed by atoms with van der Waals surface area (Å²) in [5.74, 6) is 0.720. The number of benzene rings is 3. The van der Waals surface area contributed by atoms with Crippen LogP contribution in [0, 0.1) is 22.7 Å². The Kier molecular flexibility index (Phi) is 8.24. The highest BCUT2D eigenvalue weighted by atomic mass is 79.9. The number of methoxy groups -OCH3 is 1. The number of nitriles is 2. The quantitative estimate of drug-likeness (QED) is 0.340. The maximum atomic E-state index is 12.6. The lowest BCUT2D eigenvalue weighted by Crippen LogP contribution is -2.23. The third kappa shape index (κ3) is 6.46. The molecule has 0 aliphatic rings. The highest BCUT2D eigenvalue weighted by Gasteiger charge is 2.12. The first kappa shape index (κ1) is 23.6. The number of carbonyl (C=O) groups is 1. The summed E-state index contributed by atoms with van der Waals surface area (Å²) in [6.45, 7) is 0.451. The molecule has 0 bridgehead atoms. The van der Waals surface area contributed by atoms with Gasteiger partial charge in [-0.05, 0) is 48.0 Å². The van der Waals surface area contributed by atoms with Crippen molar-refractivity contribution in [1.29, 1.82) is 10.5 Å². The van der Waals surface area contributed by atoms with Gasteiger partial charge in [0.1, 0.15) is 29.7 Å². The number of amides is 1. The maximum Gasteiger partial charge on any atom is 0.262 e. The van der Waals surface area contributed by atoms with E-state index < -0.39 is 5.91 Å². The fourth-order valence-electron chi connectivity index (χ4n) is 3.00. The van der Waals surface area contributed by atoms with E-state index in [9.17, 15) is 15.3 Å². The van der Waals surface area contributed by atoms with Crippen molar-refractivity contribution >= 4 is 27.9 Å². The highest BCUT2D eigenvalue weighted by Crippen LogP contribution is 2.27. The summed E-state index contributed by atoms with van der Waals surface area (Å²) in [6.07, 6.45) is 1.49. The summed E-state index contributed by atoms with van der Waals surface area (Å²) < 4.78 is 11.8. The molecule has 3 rings (SSSR count). The summed E-state index contributed by atoms with van der Waals surface area (Å²) in [6, 6.07) is 23.9. The normalized spacial score (nSPS) is 10.6. The molecule has 0 heterocycles. The van der Waals surface area contributed by atoms with E-state index in [1.54, 1.807) is 49.6 Å². The van der Waals surface area contributed by atoms with Crippen LogP contribution in [0.15, 0.2) is 76.8 Å². The van der Waals surface area contributed by atoms with Crippen molar-refractivity contribution in [2.24, 2.45) is 0 Å². The van der Waals surface area contributed by atoms with E-state index >= 15 is 0 Å². The Morgan fingerprint density at radius 2 is 1.85 bits per heavy atom. The second kappa shape index (κ2) is 11.5. The van der Waals surface area contributed by atoms with Crippen LogP contribution in [0.3, 0.4) is 0 Å². The third-order valence-electron chi connectivity index (χ3n) is 4.77. The minimum absolute atomic E-state index is 0.0520.